The van der Waals surface area contributed by atoms with Gasteiger partial charge in [-0.2, -0.15) is 0 Å². The molecule has 0 heterocycles. The van der Waals surface area contributed by atoms with E-state index in [1.165, 1.54) is 245 Å². The van der Waals surface area contributed by atoms with Crippen molar-refractivity contribution in [3.05, 3.63) is 114 Å². The Bertz CT molecular complexity index is 1770. The summed E-state index contributed by atoms with van der Waals surface area (Å²) in [5.41, 5.74) is 9.91. The normalized spacial score (nSPS) is 12.7. The van der Waals surface area contributed by atoms with Gasteiger partial charge < -0.3 is 4.90 Å². The summed E-state index contributed by atoms with van der Waals surface area (Å²) in [5, 5.41) is 0. The fourth-order valence-corrected chi connectivity index (χ4v) is 11.1. The Balaban J connectivity index is 1.23. The maximum Gasteiger partial charge on any atom is 0.159 e. The first-order valence-corrected chi connectivity index (χ1v) is 27.8. The third-order valence-corrected chi connectivity index (χ3v) is 15.0. The van der Waals surface area contributed by atoms with Crippen LogP contribution >= 0.6 is 0 Å². The van der Waals surface area contributed by atoms with E-state index in [0.29, 0.717) is 0 Å². The summed E-state index contributed by atoms with van der Waals surface area (Å²) in [5.74, 6) is 0.169. The lowest BCUT2D eigenvalue weighted by atomic mass is 9.70. The summed E-state index contributed by atoms with van der Waals surface area (Å²) < 4.78 is 0. The van der Waals surface area contributed by atoms with Crippen LogP contribution in [0.3, 0.4) is 0 Å². The molecule has 0 saturated heterocycles. The molecule has 1 aliphatic rings. The second kappa shape index (κ2) is 31.3. The highest BCUT2D eigenvalue weighted by atomic mass is 16.1. The van der Waals surface area contributed by atoms with E-state index in [1.807, 2.05) is 0 Å². The van der Waals surface area contributed by atoms with Crippen molar-refractivity contribution >= 4 is 22.8 Å². The fourth-order valence-electron chi connectivity index (χ4n) is 11.1. The standard InChI is InChI=1S/C63H93NO/c1-4-6-8-10-12-14-16-18-20-22-24-26-28-30-32-40-50-63(51-41-33-31-29-27-25-23-21-19-17-15-13-11-9-7-5-2)61-52-55(54(3)65)46-48-59(61)60-49-47-58(53-62(60)63)64(56-42-36-34-37-43-56)57-44-38-35-39-45-57/h34-39,42-49,52-53H,4-33,40-41,50-51H2,1-3H3. The molecule has 2 nitrogen and oxygen atoms in total. The minimum absolute atomic E-state index is 0.100. The van der Waals surface area contributed by atoms with Gasteiger partial charge in [0.1, 0.15) is 0 Å². The van der Waals surface area contributed by atoms with Gasteiger partial charge in [0.25, 0.3) is 0 Å². The molecule has 0 N–H and O–H groups in total. The second-order valence-electron chi connectivity index (χ2n) is 20.2. The number of benzene rings is 4. The van der Waals surface area contributed by atoms with Crippen LogP contribution in [0.15, 0.2) is 97.1 Å². The number of unbranched alkanes of at least 4 members (excludes halogenated alkanes) is 30. The zero-order valence-corrected chi connectivity index (χ0v) is 42.1. The van der Waals surface area contributed by atoms with E-state index in [9.17, 15) is 4.79 Å². The molecule has 0 aromatic heterocycles. The van der Waals surface area contributed by atoms with Crippen LogP contribution in [0.4, 0.5) is 17.1 Å². The Morgan fingerprint density at radius 1 is 0.369 bits per heavy atom. The van der Waals surface area contributed by atoms with Crippen LogP contribution in [0.5, 0.6) is 0 Å². The molecule has 2 heteroatoms. The lowest BCUT2D eigenvalue weighted by molar-refractivity contribution is 0.101. The van der Waals surface area contributed by atoms with Crippen molar-refractivity contribution in [2.75, 3.05) is 4.90 Å². The highest BCUT2D eigenvalue weighted by Gasteiger charge is 2.43. The molecule has 0 unspecified atom stereocenters. The Hall–Kier alpha value is -3.65. The van der Waals surface area contributed by atoms with Crippen LogP contribution < -0.4 is 4.90 Å². The van der Waals surface area contributed by atoms with E-state index < -0.39 is 0 Å². The molecular formula is C63H93NO. The number of carbonyl (C=O) groups excluding carboxylic acids is 1. The number of anilines is 3. The molecule has 0 fully saturated rings. The van der Waals surface area contributed by atoms with E-state index in [-0.39, 0.29) is 11.2 Å². The predicted molar refractivity (Wildman–Crippen MR) is 286 cm³/mol. The quantitative estimate of drug-likeness (QED) is 0.0330. The topological polar surface area (TPSA) is 20.3 Å². The number of para-hydroxylation sites is 2. The lowest BCUT2D eigenvalue weighted by Gasteiger charge is -2.34. The highest BCUT2D eigenvalue weighted by molar-refractivity contribution is 5.96. The Morgan fingerprint density at radius 3 is 1.05 bits per heavy atom. The van der Waals surface area contributed by atoms with Crippen LogP contribution in [0.1, 0.15) is 261 Å². The van der Waals surface area contributed by atoms with E-state index in [2.05, 4.69) is 116 Å². The molecule has 5 rings (SSSR count). The summed E-state index contributed by atoms with van der Waals surface area (Å²) in [6.07, 6.45) is 46.7. The van der Waals surface area contributed by atoms with Gasteiger partial charge in [0.2, 0.25) is 0 Å². The largest absolute Gasteiger partial charge is 0.310 e. The molecule has 356 valence electrons. The molecule has 4 aromatic rings. The van der Waals surface area contributed by atoms with Crippen LogP contribution in [-0.4, -0.2) is 5.78 Å². The SMILES string of the molecule is CCCCCCCCCCCCCCCCCCC1(CCCCCCCCCCCCCCCCCC)c2cc(C(C)=O)ccc2-c2ccc(N(c3ccccc3)c3ccccc3)cc21. The Kier molecular flexibility index (Phi) is 25.2. The van der Waals surface area contributed by atoms with Crippen molar-refractivity contribution in [2.24, 2.45) is 0 Å². The maximum absolute atomic E-state index is 13.0. The van der Waals surface area contributed by atoms with E-state index in [0.717, 1.165) is 18.4 Å². The van der Waals surface area contributed by atoms with Crippen LogP contribution in [0.2, 0.25) is 0 Å². The molecule has 0 radical (unpaired) electrons. The van der Waals surface area contributed by atoms with Gasteiger partial charge in [-0.15, -0.1) is 0 Å². The summed E-state index contributed by atoms with van der Waals surface area (Å²) in [7, 11) is 0. The number of fused-ring (bicyclic) bond motifs is 3. The van der Waals surface area contributed by atoms with E-state index in [1.54, 1.807) is 6.92 Å². The number of carbonyl (C=O) groups is 1. The van der Waals surface area contributed by atoms with Gasteiger partial charge in [0.15, 0.2) is 5.78 Å². The first-order chi connectivity index (χ1) is 32.1. The Labute approximate surface area is 400 Å². The van der Waals surface area contributed by atoms with E-state index >= 15 is 0 Å². The summed E-state index contributed by atoms with van der Waals surface area (Å²) in [6.45, 7) is 6.36. The summed E-state index contributed by atoms with van der Waals surface area (Å²) in [4.78, 5) is 15.4. The number of nitrogens with zero attached hydrogens (tertiary/aromatic N) is 1. The highest BCUT2D eigenvalue weighted by Crippen LogP contribution is 2.56. The molecule has 0 aliphatic heterocycles. The number of ketones is 1. The van der Waals surface area contributed by atoms with Crippen molar-refractivity contribution < 1.29 is 4.79 Å². The van der Waals surface area contributed by atoms with Gasteiger partial charge in [-0.05, 0) is 84.5 Å². The number of rotatable bonds is 38. The van der Waals surface area contributed by atoms with Gasteiger partial charge in [0, 0.05) is 28.0 Å². The minimum Gasteiger partial charge on any atom is -0.310 e. The maximum atomic E-state index is 13.0. The molecule has 0 atom stereocenters. The second-order valence-corrected chi connectivity index (χ2v) is 20.2. The van der Waals surface area contributed by atoms with Crippen LogP contribution in [-0.2, 0) is 5.41 Å². The molecular weight excluding hydrogens is 787 g/mol. The molecule has 1 aliphatic carbocycles. The summed E-state index contributed by atoms with van der Waals surface area (Å²) in [6, 6.07) is 35.7. The van der Waals surface area contributed by atoms with Crippen molar-refractivity contribution in [3.8, 4) is 11.1 Å². The molecule has 0 amide bonds. The third-order valence-electron chi connectivity index (χ3n) is 15.0. The van der Waals surface area contributed by atoms with Crippen molar-refractivity contribution in [1.82, 2.24) is 0 Å². The number of hydrogen-bond donors (Lipinski definition) is 0. The third kappa shape index (κ3) is 17.5. The monoisotopic (exact) mass is 880 g/mol. The fraction of sp³-hybridized carbons (Fsp3) is 0.603. The van der Waals surface area contributed by atoms with Gasteiger partial charge in [-0.3, -0.25) is 4.79 Å². The average molecular weight is 880 g/mol. The van der Waals surface area contributed by atoms with Gasteiger partial charge >= 0.3 is 0 Å². The average Bonchev–Trinajstić information content (AvgIpc) is 3.59. The zero-order valence-electron chi connectivity index (χ0n) is 42.1. The van der Waals surface area contributed by atoms with Crippen molar-refractivity contribution in [2.45, 2.75) is 244 Å². The van der Waals surface area contributed by atoms with Gasteiger partial charge in [-0.25, -0.2) is 0 Å². The lowest BCUT2D eigenvalue weighted by Crippen LogP contribution is -2.26. The smallest absolute Gasteiger partial charge is 0.159 e. The molecule has 65 heavy (non-hydrogen) atoms. The molecule has 0 bridgehead atoms. The molecule has 0 spiro atoms. The summed E-state index contributed by atoms with van der Waals surface area (Å²) >= 11 is 0. The van der Waals surface area contributed by atoms with Crippen LogP contribution in [0.25, 0.3) is 11.1 Å². The zero-order chi connectivity index (χ0) is 45.6. The van der Waals surface area contributed by atoms with Crippen molar-refractivity contribution in [3.63, 3.8) is 0 Å². The predicted octanol–water partition coefficient (Wildman–Crippen LogP) is 20.9. The van der Waals surface area contributed by atoms with Crippen molar-refractivity contribution in [1.29, 1.82) is 0 Å². The van der Waals surface area contributed by atoms with Gasteiger partial charge in [-0.1, -0.05) is 274 Å². The van der Waals surface area contributed by atoms with Crippen LogP contribution in [0, 0.1) is 0 Å². The molecule has 0 saturated carbocycles. The number of Topliss-reactive ketones (excluding diaryl/α,β-unsaturated/α-hetero) is 1. The first-order valence-electron chi connectivity index (χ1n) is 27.8. The molecule has 4 aromatic carbocycles. The first kappa shape index (κ1) is 52.3. The van der Waals surface area contributed by atoms with E-state index in [4.69, 9.17) is 0 Å². The Morgan fingerprint density at radius 2 is 0.692 bits per heavy atom. The number of hydrogen-bond acceptors (Lipinski definition) is 2. The van der Waals surface area contributed by atoms with Gasteiger partial charge in [0.05, 0.1) is 0 Å². The minimum atomic E-state index is -0.100.